The minimum atomic E-state index is -0.0831. The Kier molecular flexibility index (Phi) is 4.38. The standard InChI is InChI=1S/C18H24N4O2/c23-18(21-14-7-10-24-16(11-14)13-4-5-13)19-8-6-15-12-22-9-2-1-3-17(22)20-15/h1-3,9,12-14,16H,4-8,10-11H2,(H2,19,21,23). The topological polar surface area (TPSA) is 67.7 Å². The molecule has 24 heavy (non-hydrogen) atoms. The number of fused-ring (bicyclic) bond motifs is 1. The fourth-order valence-corrected chi connectivity index (χ4v) is 3.40. The number of carbonyl (C=O) groups excluding carboxylic acids is 1. The summed E-state index contributed by atoms with van der Waals surface area (Å²) in [6, 6.07) is 6.08. The highest BCUT2D eigenvalue weighted by molar-refractivity contribution is 5.74. The Hall–Kier alpha value is -2.08. The summed E-state index contributed by atoms with van der Waals surface area (Å²) in [5.74, 6) is 0.729. The van der Waals surface area contributed by atoms with Crippen LogP contribution in [0.15, 0.2) is 30.6 Å². The summed E-state index contributed by atoms with van der Waals surface area (Å²) in [4.78, 5) is 16.6. The molecule has 6 nitrogen and oxygen atoms in total. The van der Waals surface area contributed by atoms with Gasteiger partial charge in [0, 0.05) is 38.0 Å². The highest BCUT2D eigenvalue weighted by Crippen LogP contribution is 2.38. The van der Waals surface area contributed by atoms with Crippen molar-refractivity contribution in [3.8, 4) is 0 Å². The number of pyridine rings is 1. The van der Waals surface area contributed by atoms with Gasteiger partial charge in [-0.2, -0.15) is 0 Å². The van der Waals surface area contributed by atoms with Gasteiger partial charge in [0.15, 0.2) is 0 Å². The normalized spacial score (nSPS) is 24.0. The molecule has 2 aliphatic rings. The summed E-state index contributed by atoms with van der Waals surface area (Å²) in [6.07, 6.45) is 9.48. The SMILES string of the molecule is O=C(NCCc1cn2ccccc2n1)NC1CCOC(C2CC2)C1. The minimum Gasteiger partial charge on any atom is -0.378 e. The Bertz CT molecular complexity index is 677. The van der Waals surface area contributed by atoms with Crippen LogP contribution >= 0.6 is 0 Å². The summed E-state index contributed by atoms with van der Waals surface area (Å²) in [5.41, 5.74) is 1.92. The number of ether oxygens (including phenoxy) is 1. The average molecular weight is 328 g/mol. The number of nitrogens with one attached hydrogen (secondary N) is 2. The molecule has 1 saturated carbocycles. The Labute approximate surface area is 141 Å². The molecule has 1 aliphatic heterocycles. The zero-order chi connectivity index (χ0) is 16.4. The molecule has 6 heteroatoms. The first-order valence-electron chi connectivity index (χ1n) is 8.86. The van der Waals surface area contributed by atoms with Crippen molar-refractivity contribution in [1.29, 1.82) is 0 Å². The van der Waals surface area contributed by atoms with Gasteiger partial charge in [0.1, 0.15) is 5.65 Å². The fraction of sp³-hybridized carbons (Fsp3) is 0.556. The van der Waals surface area contributed by atoms with E-state index in [2.05, 4.69) is 15.6 Å². The predicted molar refractivity (Wildman–Crippen MR) is 90.9 cm³/mol. The second-order valence-electron chi connectivity index (χ2n) is 6.82. The average Bonchev–Trinajstić information content (AvgIpc) is 3.35. The smallest absolute Gasteiger partial charge is 0.315 e. The van der Waals surface area contributed by atoms with Gasteiger partial charge in [0.05, 0.1) is 11.8 Å². The first kappa shape index (κ1) is 15.4. The molecule has 1 saturated heterocycles. The number of imidazole rings is 1. The van der Waals surface area contributed by atoms with Crippen molar-refractivity contribution in [2.45, 2.75) is 44.2 Å². The maximum atomic E-state index is 12.1. The molecule has 0 radical (unpaired) electrons. The summed E-state index contributed by atoms with van der Waals surface area (Å²) in [7, 11) is 0. The molecular weight excluding hydrogens is 304 g/mol. The van der Waals surface area contributed by atoms with E-state index in [4.69, 9.17) is 4.74 Å². The maximum absolute atomic E-state index is 12.1. The van der Waals surface area contributed by atoms with Crippen LogP contribution in [0.3, 0.4) is 0 Å². The van der Waals surface area contributed by atoms with Gasteiger partial charge in [-0.3, -0.25) is 0 Å². The third-order valence-electron chi connectivity index (χ3n) is 4.88. The van der Waals surface area contributed by atoms with E-state index < -0.39 is 0 Å². The monoisotopic (exact) mass is 328 g/mol. The molecule has 1 aliphatic carbocycles. The van der Waals surface area contributed by atoms with Gasteiger partial charge in [-0.05, 0) is 43.7 Å². The lowest BCUT2D eigenvalue weighted by Gasteiger charge is -2.30. The zero-order valence-electron chi connectivity index (χ0n) is 13.8. The highest BCUT2D eigenvalue weighted by atomic mass is 16.5. The number of hydrogen-bond donors (Lipinski definition) is 2. The van der Waals surface area contributed by atoms with Crippen molar-refractivity contribution < 1.29 is 9.53 Å². The zero-order valence-corrected chi connectivity index (χ0v) is 13.8. The van der Waals surface area contributed by atoms with Crippen molar-refractivity contribution in [2.75, 3.05) is 13.2 Å². The molecule has 0 spiro atoms. The molecule has 128 valence electrons. The maximum Gasteiger partial charge on any atom is 0.315 e. The number of rotatable bonds is 5. The van der Waals surface area contributed by atoms with E-state index in [9.17, 15) is 4.79 Å². The Morgan fingerprint density at radius 1 is 1.33 bits per heavy atom. The molecule has 2 atom stereocenters. The van der Waals surface area contributed by atoms with Crippen molar-refractivity contribution in [3.63, 3.8) is 0 Å². The van der Waals surface area contributed by atoms with Crippen molar-refractivity contribution >= 4 is 11.7 Å². The molecular formula is C18H24N4O2. The molecule has 2 fully saturated rings. The molecule has 4 rings (SSSR count). The number of amides is 2. The molecule has 2 amide bonds. The molecule has 0 aromatic carbocycles. The van der Waals surface area contributed by atoms with Crippen LogP contribution in [0.4, 0.5) is 4.79 Å². The summed E-state index contributed by atoms with van der Waals surface area (Å²) in [6.45, 7) is 1.35. The third kappa shape index (κ3) is 3.70. The van der Waals surface area contributed by atoms with E-state index in [0.717, 1.165) is 43.1 Å². The number of hydrogen-bond acceptors (Lipinski definition) is 3. The molecule has 0 bridgehead atoms. The highest BCUT2D eigenvalue weighted by Gasteiger charge is 2.36. The lowest BCUT2D eigenvalue weighted by atomic mass is 10.0. The minimum absolute atomic E-state index is 0.0831. The predicted octanol–water partition coefficient (Wildman–Crippen LogP) is 2.13. The summed E-state index contributed by atoms with van der Waals surface area (Å²) >= 11 is 0. The van der Waals surface area contributed by atoms with Crippen molar-refractivity contribution in [3.05, 3.63) is 36.3 Å². The van der Waals surface area contributed by atoms with E-state index >= 15 is 0 Å². The van der Waals surface area contributed by atoms with Gasteiger partial charge >= 0.3 is 6.03 Å². The van der Waals surface area contributed by atoms with E-state index in [1.165, 1.54) is 12.8 Å². The van der Waals surface area contributed by atoms with E-state index in [1.54, 1.807) is 0 Å². The van der Waals surface area contributed by atoms with Crippen LogP contribution in [0.2, 0.25) is 0 Å². The van der Waals surface area contributed by atoms with Crippen LogP contribution in [0.5, 0.6) is 0 Å². The largest absolute Gasteiger partial charge is 0.378 e. The number of nitrogens with zero attached hydrogens (tertiary/aromatic N) is 2. The van der Waals surface area contributed by atoms with Crippen LogP contribution in [0.25, 0.3) is 5.65 Å². The van der Waals surface area contributed by atoms with E-state index in [1.807, 2.05) is 35.0 Å². The summed E-state index contributed by atoms with van der Waals surface area (Å²) < 4.78 is 7.79. The quantitative estimate of drug-likeness (QED) is 0.883. The van der Waals surface area contributed by atoms with Crippen LogP contribution < -0.4 is 10.6 Å². The summed E-state index contributed by atoms with van der Waals surface area (Å²) in [5, 5.41) is 6.03. The molecule has 2 aromatic rings. The van der Waals surface area contributed by atoms with Crippen LogP contribution in [-0.4, -0.2) is 40.7 Å². The second kappa shape index (κ2) is 6.81. The molecule has 2 N–H and O–H groups in total. The first-order valence-corrected chi connectivity index (χ1v) is 8.86. The van der Waals surface area contributed by atoms with Crippen LogP contribution in [0.1, 0.15) is 31.4 Å². The van der Waals surface area contributed by atoms with Gasteiger partial charge < -0.3 is 19.8 Å². The van der Waals surface area contributed by atoms with Gasteiger partial charge in [-0.15, -0.1) is 0 Å². The second-order valence-corrected chi connectivity index (χ2v) is 6.82. The van der Waals surface area contributed by atoms with Gasteiger partial charge in [0.2, 0.25) is 0 Å². The third-order valence-corrected chi connectivity index (χ3v) is 4.88. The van der Waals surface area contributed by atoms with Crippen LogP contribution in [-0.2, 0) is 11.2 Å². The van der Waals surface area contributed by atoms with Crippen molar-refractivity contribution in [2.24, 2.45) is 5.92 Å². The lowest BCUT2D eigenvalue weighted by Crippen LogP contribution is -2.47. The molecule has 2 aromatic heterocycles. The number of carbonyl (C=O) groups is 1. The van der Waals surface area contributed by atoms with E-state index in [-0.39, 0.29) is 12.1 Å². The van der Waals surface area contributed by atoms with Gasteiger partial charge in [-0.1, -0.05) is 6.07 Å². The first-order chi connectivity index (χ1) is 11.8. The number of aromatic nitrogens is 2. The van der Waals surface area contributed by atoms with Gasteiger partial charge in [0.25, 0.3) is 0 Å². The fourth-order valence-electron chi connectivity index (χ4n) is 3.40. The van der Waals surface area contributed by atoms with E-state index in [0.29, 0.717) is 12.6 Å². The van der Waals surface area contributed by atoms with Crippen molar-refractivity contribution in [1.82, 2.24) is 20.0 Å². The molecule has 3 heterocycles. The number of urea groups is 1. The molecule has 2 unspecified atom stereocenters. The van der Waals surface area contributed by atoms with Gasteiger partial charge in [-0.25, -0.2) is 9.78 Å². The van der Waals surface area contributed by atoms with Crippen LogP contribution in [0, 0.1) is 5.92 Å². The lowest BCUT2D eigenvalue weighted by molar-refractivity contribution is -0.00913. The Morgan fingerprint density at radius 3 is 3.08 bits per heavy atom. The Balaban J connectivity index is 1.21. The Morgan fingerprint density at radius 2 is 2.25 bits per heavy atom.